The average molecular weight is 164 g/mol. The van der Waals surface area contributed by atoms with Gasteiger partial charge in [-0.15, -0.1) is 0 Å². The van der Waals surface area contributed by atoms with Crippen molar-refractivity contribution >= 4 is 0 Å². The Labute approximate surface area is 73.2 Å². The Morgan fingerprint density at radius 3 is 2.42 bits per heavy atom. The van der Waals surface area contributed by atoms with Crippen molar-refractivity contribution < 1.29 is 5.11 Å². The summed E-state index contributed by atoms with van der Waals surface area (Å²) >= 11 is 0. The van der Waals surface area contributed by atoms with Crippen LogP contribution >= 0.6 is 0 Å². The van der Waals surface area contributed by atoms with Gasteiger partial charge in [0.15, 0.2) is 0 Å². The summed E-state index contributed by atoms with van der Waals surface area (Å²) < 4.78 is 0. The van der Waals surface area contributed by atoms with Crippen LogP contribution in [0.25, 0.3) is 0 Å². The van der Waals surface area contributed by atoms with Crippen LogP contribution in [0.2, 0.25) is 0 Å². The minimum Gasteiger partial charge on any atom is -0.393 e. The average Bonchev–Trinajstić information content (AvgIpc) is 2.58. The third-order valence-corrected chi connectivity index (χ3v) is 5.52. The molecular weight excluding hydrogens is 148 g/mol. The van der Waals surface area contributed by atoms with Crippen LogP contribution in [0.3, 0.4) is 0 Å². The molecule has 0 aromatic rings. The molecule has 2 bridgehead atoms. The van der Waals surface area contributed by atoms with E-state index in [2.05, 4.69) is 0 Å². The molecule has 1 N–H and O–H groups in total. The molecule has 0 heterocycles. The molecule has 7 unspecified atom stereocenters. The molecule has 1 heteroatoms. The Balaban J connectivity index is 1.88. The Morgan fingerprint density at radius 1 is 0.750 bits per heavy atom. The van der Waals surface area contributed by atoms with Crippen LogP contribution in [-0.4, -0.2) is 11.2 Å². The minimum absolute atomic E-state index is 0.0975. The van der Waals surface area contributed by atoms with Crippen molar-refractivity contribution in [2.75, 3.05) is 0 Å². The molecule has 0 aliphatic heterocycles. The molecular formula is C11H16O. The van der Waals surface area contributed by atoms with Gasteiger partial charge in [-0.2, -0.15) is 0 Å². The number of aliphatic hydroxyl groups is 1. The molecule has 0 aromatic carbocycles. The van der Waals surface area contributed by atoms with Crippen molar-refractivity contribution in [3.8, 4) is 0 Å². The fraction of sp³-hybridized carbons (Fsp3) is 1.00. The first-order valence-corrected chi connectivity index (χ1v) is 5.54. The maximum Gasteiger partial charge on any atom is 0.0576 e. The van der Waals surface area contributed by atoms with Crippen molar-refractivity contribution in [2.24, 2.45) is 35.5 Å². The number of hydrogen-bond donors (Lipinski definition) is 1. The van der Waals surface area contributed by atoms with Gasteiger partial charge in [0.05, 0.1) is 6.10 Å². The van der Waals surface area contributed by atoms with E-state index in [9.17, 15) is 5.11 Å². The van der Waals surface area contributed by atoms with E-state index in [4.69, 9.17) is 0 Å². The predicted molar refractivity (Wildman–Crippen MR) is 45.4 cm³/mol. The molecule has 7 atom stereocenters. The Morgan fingerprint density at radius 2 is 1.50 bits per heavy atom. The third-order valence-electron chi connectivity index (χ3n) is 5.52. The highest BCUT2D eigenvalue weighted by Gasteiger charge is 2.65. The fourth-order valence-corrected chi connectivity index (χ4v) is 5.41. The van der Waals surface area contributed by atoms with Crippen molar-refractivity contribution in [2.45, 2.75) is 31.8 Å². The molecule has 4 saturated carbocycles. The zero-order chi connectivity index (χ0) is 7.87. The van der Waals surface area contributed by atoms with Crippen molar-refractivity contribution in [1.29, 1.82) is 0 Å². The SMILES string of the molecule is OC1CC2C3CCC4C3CC2C14. The summed E-state index contributed by atoms with van der Waals surface area (Å²) in [4.78, 5) is 0. The molecule has 12 heavy (non-hydrogen) atoms. The Hall–Kier alpha value is -0.0400. The maximum absolute atomic E-state index is 9.92. The van der Waals surface area contributed by atoms with Gasteiger partial charge in [0.25, 0.3) is 0 Å². The summed E-state index contributed by atoms with van der Waals surface area (Å²) in [7, 11) is 0. The molecule has 0 amide bonds. The summed E-state index contributed by atoms with van der Waals surface area (Å²) in [6, 6.07) is 0. The van der Waals surface area contributed by atoms with Gasteiger partial charge in [0, 0.05) is 0 Å². The van der Waals surface area contributed by atoms with Gasteiger partial charge < -0.3 is 5.11 Å². The van der Waals surface area contributed by atoms with Crippen LogP contribution < -0.4 is 0 Å². The van der Waals surface area contributed by atoms with E-state index in [0.29, 0.717) is 0 Å². The van der Waals surface area contributed by atoms with Crippen LogP contribution in [0.5, 0.6) is 0 Å². The van der Waals surface area contributed by atoms with E-state index in [1.54, 1.807) is 0 Å². The normalized spacial score (nSPS) is 71.2. The van der Waals surface area contributed by atoms with Gasteiger partial charge in [-0.1, -0.05) is 0 Å². The lowest BCUT2D eigenvalue weighted by molar-refractivity contribution is 0.0952. The topological polar surface area (TPSA) is 20.2 Å². The van der Waals surface area contributed by atoms with Gasteiger partial charge in [-0.3, -0.25) is 0 Å². The van der Waals surface area contributed by atoms with Gasteiger partial charge in [0.1, 0.15) is 0 Å². The summed E-state index contributed by atoms with van der Waals surface area (Å²) in [5.74, 6) is 5.72. The first-order valence-electron chi connectivity index (χ1n) is 5.54. The molecule has 1 nitrogen and oxygen atoms in total. The largest absolute Gasteiger partial charge is 0.393 e. The third kappa shape index (κ3) is 0.477. The number of rotatable bonds is 0. The molecule has 4 fully saturated rings. The monoisotopic (exact) mass is 164 g/mol. The summed E-state index contributed by atoms with van der Waals surface area (Å²) in [5, 5.41) is 9.92. The smallest absolute Gasteiger partial charge is 0.0576 e. The number of fused-ring (bicyclic) bond motifs is 2. The number of hydrogen-bond acceptors (Lipinski definition) is 1. The first kappa shape index (κ1) is 6.42. The van der Waals surface area contributed by atoms with Crippen molar-refractivity contribution in [3.63, 3.8) is 0 Å². The lowest BCUT2D eigenvalue weighted by Crippen LogP contribution is -2.25. The first-order chi connectivity index (χ1) is 5.86. The van der Waals surface area contributed by atoms with Crippen LogP contribution in [0.15, 0.2) is 0 Å². The molecule has 4 rings (SSSR count). The van der Waals surface area contributed by atoms with Crippen molar-refractivity contribution in [1.82, 2.24) is 0 Å². The molecule has 0 saturated heterocycles. The maximum atomic E-state index is 9.92. The lowest BCUT2D eigenvalue weighted by Gasteiger charge is -2.26. The zero-order valence-electron chi connectivity index (χ0n) is 7.32. The lowest BCUT2D eigenvalue weighted by atomic mass is 9.79. The van der Waals surface area contributed by atoms with E-state index >= 15 is 0 Å². The fourth-order valence-electron chi connectivity index (χ4n) is 5.41. The second-order valence-corrected chi connectivity index (χ2v) is 5.51. The van der Waals surface area contributed by atoms with E-state index in [1.165, 1.54) is 19.3 Å². The number of aliphatic hydroxyl groups excluding tert-OH is 1. The summed E-state index contributed by atoms with van der Waals surface area (Å²) in [6.07, 6.45) is 5.69. The molecule has 66 valence electrons. The molecule has 4 aliphatic rings. The van der Waals surface area contributed by atoms with Gasteiger partial charge in [-0.25, -0.2) is 0 Å². The molecule has 4 aliphatic carbocycles. The van der Waals surface area contributed by atoms with E-state index in [1.807, 2.05) is 0 Å². The molecule has 0 radical (unpaired) electrons. The van der Waals surface area contributed by atoms with Gasteiger partial charge >= 0.3 is 0 Å². The van der Waals surface area contributed by atoms with Crippen LogP contribution in [0, 0.1) is 35.5 Å². The summed E-state index contributed by atoms with van der Waals surface area (Å²) in [5.41, 5.74) is 0. The van der Waals surface area contributed by atoms with Crippen LogP contribution in [0.4, 0.5) is 0 Å². The standard InChI is InChI=1S/C11H16O/c12-10-4-8-5-1-2-6-7(5)3-9(8)11(6)10/h5-12H,1-4H2. The van der Waals surface area contributed by atoms with E-state index in [0.717, 1.165) is 41.9 Å². The molecule has 0 aromatic heterocycles. The van der Waals surface area contributed by atoms with E-state index < -0.39 is 0 Å². The predicted octanol–water partition coefficient (Wildman–Crippen LogP) is 1.66. The van der Waals surface area contributed by atoms with Crippen LogP contribution in [0.1, 0.15) is 25.7 Å². The second-order valence-electron chi connectivity index (χ2n) is 5.51. The summed E-state index contributed by atoms with van der Waals surface area (Å²) in [6.45, 7) is 0. The van der Waals surface area contributed by atoms with Crippen LogP contribution in [-0.2, 0) is 0 Å². The van der Waals surface area contributed by atoms with Crippen molar-refractivity contribution in [3.05, 3.63) is 0 Å². The highest BCUT2D eigenvalue weighted by atomic mass is 16.3. The quantitative estimate of drug-likeness (QED) is 0.577. The second kappa shape index (κ2) is 1.75. The molecule has 0 spiro atoms. The van der Waals surface area contributed by atoms with E-state index in [-0.39, 0.29) is 6.10 Å². The minimum atomic E-state index is 0.0975. The Kier molecular flexibility index (Phi) is 0.934. The highest BCUT2D eigenvalue weighted by Crippen LogP contribution is 2.70. The highest BCUT2D eigenvalue weighted by molar-refractivity contribution is 5.14. The van der Waals surface area contributed by atoms with Gasteiger partial charge in [-0.05, 0) is 61.2 Å². The Bertz CT molecular complexity index is 231. The van der Waals surface area contributed by atoms with Gasteiger partial charge in [0.2, 0.25) is 0 Å². The zero-order valence-corrected chi connectivity index (χ0v) is 7.32.